The van der Waals surface area contributed by atoms with Crippen LogP contribution in [0.25, 0.3) is 0 Å². The lowest BCUT2D eigenvalue weighted by Crippen LogP contribution is -2.12. The van der Waals surface area contributed by atoms with E-state index in [0.717, 1.165) is 12.3 Å². The normalized spacial score (nSPS) is 9.86. The molecule has 2 aromatic heterocycles. The highest BCUT2D eigenvalue weighted by molar-refractivity contribution is 5.86. The van der Waals surface area contributed by atoms with Crippen LogP contribution in [-0.2, 0) is 33.9 Å². The average Bonchev–Trinajstić information content (AvgIpc) is 3.56. The molecule has 3 rings (SSSR count). The average molecular weight is 488 g/mol. The predicted molar refractivity (Wildman–Crippen MR) is 133 cm³/mol. The Morgan fingerprint density at radius 3 is 1.80 bits per heavy atom. The fourth-order valence-corrected chi connectivity index (χ4v) is 2.68. The van der Waals surface area contributed by atoms with Crippen LogP contribution in [0.3, 0.4) is 0 Å². The first kappa shape index (κ1) is 29.7. The third kappa shape index (κ3) is 11.6. The van der Waals surface area contributed by atoms with E-state index in [1.165, 1.54) is 5.56 Å². The van der Waals surface area contributed by atoms with Gasteiger partial charge in [-0.2, -0.15) is 0 Å². The lowest BCUT2D eigenvalue weighted by molar-refractivity contribution is 0.0474. The molecular weight excluding hydrogens is 450 g/mol. The lowest BCUT2D eigenvalue weighted by atomic mass is 10.2. The third-order valence-electron chi connectivity index (χ3n) is 4.20. The zero-order valence-corrected chi connectivity index (χ0v) is 21.3. The van der Waals surface area contributed by atoms with E-state index in [1.54, 1.807) is 38.1 Å². The molecular formula is C27H37NO7. The Balaban J connectivity index is 0.000000341. The van der Waals surface area contributed by atoms with Crippen molar-refractivity contribution in [1.82, 2.24) is 5.32 Å². The van der Waals surface area contributed by atoms with E-state index in [-0.39, 0.29) is 11.5 Å². The molecule has 0 aliphatic carbocycles. The summed E-state index contributed by atoms with van der Waals surface area (Å²) >= 11 is 0. The molecule has 1 aromatic carbocycles. The molecule has 0 unspecified atom stereocenters. The Kier molecular flexibility index (Phi) is 15.3. The second-order valence-electron chi connectivity index (χ2n) is 6.70. The molecule has 0 spiro atoms. The molecule has 35 heavy (non-hydrogen) atoms. The van der Waals surface area contributed by atoms with Gasteiger partial charge < -0.3 is 28.4 Å². The molecule has 0 bridgehead atoms. The van der Waals surface area contributed by atoms with Gasteiger partial charge in [0.1, 0.15) is 18.1 Å². The van der Waals surface area contributed by atoms with Gasteiger partial charge in [0.2, 0.25) is 11.5 Å². The maximum absolute atomic E-state index is 11.4. The summed E-state index contributed by atoms with van der Waals surface area (Å²) < 4.78 is 25.4. The van der Waals surface area contributed by atoms with Gasteiger partial charge in [-0.3, -0.25) is 0 Å². The van der Waals surface area contributed by atoms with Crippen LogP contribution in [0.5, 0.6) is 0 Å². The fourth-order valence-electron chi connectivity index (χ4n) is 2.68. The van der Waals surface area contributed by atoms with Crippen molar-refractivity contribution in [2.45, 2.75) is 54.3 Å². The molecule has 1 N–H and O–H groups in total. The van der Waals surface area contributed by atoms with Crippen LogP contribution in [-0.4, -0.2) is 31.8 Å². The second kappa shape index (κ2) is 18.0. The van der Waals surface area contributed by atoms with Gasteiger partial charge >= 0.3 is 11.9 Å². The number of benzene rings is 1. The van der Waals surface area contributed by atoms with Crippen molar-refractivity contribution in [3.05, 3.63) is 83.2 Å². The second-order valence-corrected chi connectivity index (χ2v) is 6.70. The highest BCUT2D eigenvalue weighted by atomic mass is 16.5. The van der Waals surface area contributed by atoms with E-state index in [9.17, 15) is 9.59 Å². The van der Waals surface area contributed by atoms with Gasteiger partial charge in [0, 0.05) is 13.2 Å². The van der Waals surface area contributed by atoms with E-state index in [1.807, 2.05) is 39.0 Å². The number of esters is 2. The van der Waals surface area contributed by atoms with Crippen molar-refractivity contribution in [2.75, 3.05) is 19.8 Å². The first-order valence-electron chi connectivity index (χ1n) is 11.9. The molecule has 0 aliphatic rings. The van der Waals surface area contributed by atoms with Crippen LogP contribution in [0.15, 0.2) is 63.4 Å². The summed E-state index contributed by atoms with van der Waals surface area (Å²) in [5, 5.41) is 3.26. The molecule has 0 atom stereocenters. The molecule has 0 aliphatic heterocycles. The lowest BCUT2D eigenvalue weighted by Gasteiger charge is -2.02. The number of carbonyl (C=O) groups is 2. The van der Waals surface area contributed by atoms with Crippen LogP contribution in [0.2, 0.25) is 0 Å². The molecule has 0 amide bonds. The van der Waals surface area contributed by atoms with Crippen molar-refractivity contribution >= 4 is 11.9 Å². The molecule has 0 fully saturated rings. The van der Waals surface area contributed by atoms with Crippen LogP contribution < -0.4 is 5.32 Å². The van der Waals surface area contributed by atoms with Crippen molar-refractivity contribution in [3.8, 4) is 0 Å². The topological polar surface area (TPSA) is 100 Å². The number of rotatable bonds is 11. The third-order valence-corrected chi connectivity index (χ3v) is 4.20. The summed E-state index contributed by atoms with van der Waals surface area (Å²) in [6.45, 7) is 12.5. The highest BCUT2D eigenvalue weighted by Gasteiger charge is 2.12. The van der Waals surface area contributed by atoms with Crippen molar-refractivity contribution in [1.29, 1.82) is 0 Å². The standard InChI is InChI=1S/C15H17NO3.C10H14O4.C2H6/c1-2-18-15(17)14-9-8-13(19-14)11-16-10-12-6-4-3-5-7-12;1-3-12-7-8-5-6-9(14-8)10(11)13-4-2;1-2/h3-9,16H,2,10-11H2,1H3;5-6H,3-4,7H2,1-2H3;1-2H3. The fraction of sp³-hybridized carbons (Fsp3) is 0.407. The highest BCUT2D eigenvalue weighted by Crippen LogP contribution is 2.11. The number of hydrogen-bond acceptors (Lipinski definition) is 8. The number of ether oxygens (including phenoxy) is 3. The van der Waals surface area contributed by atoms with E-state index in [4.69, 9.17) is 23.0 Å². The van der Waals surface area contributed by atoms with Gasteiger partial charge in [-0.05, 0) is 50.6 Å². The zero-order valence-electron chi connectivity index (χ0n) is 21.3. The molecule has 8 heteroatoms. The summed E-state index contributed by atoms with van der Waals surface area (Å²) in [6, 6.07) is 16.8. The van der Waals surface area contributed by atoms with Crippen LogP contribution >= 0.6 is 0 Å². The largest absolute Gasteiger partial charge is 0.460 e. The predicted octanol–water partition coefficient (Wildman–Crippen LogP) is 5.77. The zero-order chi connectivity index (χ0) is 25.9. The molecule has 0 saturated carbocycles. The summed E-state index contributed by atoms with van der Waals surface area (Å²) in [7, 11) is 0. The maximum Gasteiger partial charge on any atom is 0.374 e. The first-order chi connectivity index (χ1) is 17.1. The molecule has 192 valence electrons. The smallest absolute Gasteiger partial charge is 0.374 e. The minimum atomic E-state index is -0.435. The van der Waals surface area contributed by atoms with Gasteiger partial charge in [-0.1, -0.05) is 44.2 Å². The Labute approximate surface area is 207 Å². The van der Waals surface area contributed by atoms with Crippen molar-refractivity contribution < 1.29 is 32.6 Å². The van der Waals surface area contributed by atoms with Gasteiger partial charge in [0.25, 0.3) is 0 Å². The first-order valence-corrected chi connectivity index (χ1v) is 11.9. The Hall–Kier alpha value is -3.36. The Morgan fingerprint density at radius 2 is 1.26 bits per heavy atom. The van der Waals surface area contributed by atoms with E-state index in [2.05, 4.69) is 17.4 Å². The number of furan rings is 2. The van der Waals surface area contributed by atoms with Crippen LogP contribution in [0, 0.1) is 0 Å². The molecule has 0 saturated heterocycles. The molecule has 8 nitrogen and oxygen atoms in total. The molecule has 3 aromatic rings. The van der Waals surface area contributed by atoms with Crippen molar-refractivity contribution in [2.24, 2.45) is 0 Å². The number of carbonyl (C=O) groups excluding carboxylic acids is 2. The Bertz CT molecular complexity index is 963. The minimum Gasteiger partial charge on any atom is -0.460 e. The molecule has 2 heterocycles. The van der Waals surface area contributed by atoms with E-state index < -0.39 is 11.9 Å². The van der Waals surface area contributed by atoms with E-state index >= 15 is 0 Å². The summed E-state index contributed by atoms with van der Waals surface area (Å²) in [6.07, 6.45) is 0. The summed E-state index contributed by atoms with van der Waals surface area (Å²) in [4.78, 5) is 22.6. The molecule has 0 radical (unpaired) electrons. The Morgan fingerprint density at radius 1 is 0.714 bits per heavy atom. The quantitative estimate of drug-likeness (QED) is 0.341. The number of nitrogens with one attached hydrogen (secondary N) is 1. The SMILES string of the molecule is CC.CCOC(=O)c1ccc(CNCc2ccccc2)o1.CCOCc1ccc(C(=O)OCC)o1. The van der Waals surface area contributed by atoms with Gasteiger partial charge in [-0.15, -0.1) is 0 Å². The summed E-state index contributed by atoms with van der Waals surface area (Å²) in [5.41, 5.74) is 1.21. The maximum atomic E-state index is 11.4. The monoisotopic (exact) mass is 487 g/mol. The van der Waals surface area contributed by atoms with Crippen LogP contribution in [0.4, 0.5) is 0 Å². The van der Waals surface area contributed by atoms with Gasteiger partial charge in [-0.25, -0.2) is 9.59 Å². The minimum absolute atomic E-state index is 0.224. The number of hydrogen-bond donors (Lipinski definition) is 1. The van der Waals surface area contributed by atoms with Crippen LogP contribution in [0.1, 0.15) is 72.8 Å². The van der Waals surface area contributed by atoms with Gasteiger partial charge in [0.05, 0.1) is 19.8 Å². The van der Waals surface area contributed by atoms with Gasteiger partial charge in [0.15, 0.2) is 0 Å². The summed E-state index contributed by atoms with van der Waals surface area (Å²) in [5.74, 6) is 0.973. The van der Waals surface area contributed by atoms with Crippen molar-refractivity contribution in [3.63, 3.8) is 0 Å². The van der Waals surface area contributed by atoms with E-state index in [0.29, 0.717) is 38.7 Å².